The number of alkyl carbamates (subject to hydrolysis) is 2. The molecule has 4 fully saturated rings. The molecular formula is C50H57FN10O7S. The lowest BCUT2D eigenvalue weighted by Gasteiger charge is -2.40. The summed E-state index contributed by atoms with van der Waals surface area (Å²) in [6.07, 6.45) is 9.46. The van der Waals surface area contributed by atoms with Crippen LogP contribution in [0.1, 0.15) is 129 Å². The number of anilines is 1. The van der Waals surface area contributed by atoms with Crippen LogP contribution in [0.3, 0.4) is 0 Å². The third kappa shape index (κ3) is 8.05. The molecule has 362 valence electrons. The molecular weight excluding hydrogens is 904 g/mol. The van der Waals surface area contributed by atoms with Crippen LogP contribution in [0.15, 0.2) is 48.9 Å². The highest BCUT2D eigenvalue weighted by atomic mass is 32.1. The summed E-state index contributed by atoms with van der Waals surface area (Å²) >= 11 is 1.65. The Morgan fingerprint density at radius 1 is 0.812 bits per heavy atom. The Morgan fingerprint density at radius 2 is 1.49 bits per heavy atom. The highest BCUT2D eigenvalue weighted by molar-refractivity contribution is 7.11. The van der Waals surface area contributed by atoms with Crippen molar-refractivity contribution in [3.8, 4) is 28.3 Å². The number of H-pyrrole nitrogens is 2. The monoisotopic (exact) mass is 960 g/mol. The van der Waals surface area contributed by atoms with Gasteiger partial charge in [-0.05, 0) is 98.1 Å². The molecule has 2 saturated heterocycles. The molecule has 3 unspecified atom stereocenters. The summed E-state index contributed by atoms with van der Waals surface area (Å²) in [5, 5.41) is 6.53. The van der Waals surface area contributed by atoms with Gasteiger partial charge in [0.2, 0.25) is 18.0 Å². The number of hydrogen-bond acceptors (Lipinski definition) is 12. The molecule has 2 saturated carbocycles. The molecule has 0 spiro atoms. The van der Waals surface area contributed by atoms with Crippen molar-refractivity contribution in [2.75, 3.05) is 25.7 Å². The van der Waals surface area contributed by atoms with Crippen LogP contribution < -0.4 is 20.3 Å². The number of aromatic nitrogens is 5. The molecule has 4 aliphatic heterocycles. The smallest absolute Gasteiger partial charge is 0.407 e. The lowest BCUT2D eigenvalue weighted by atomic mass is 9.96. The van der Waals surface area contributed by atoms with Gasteiger partial charge in [0.25, 0.3) is 0 Å². The van der Waals surface area contributed by atoms with Gasteiger partial charge in [-0.25, -0.2) is 28.9 Å². The zero-order valence-electron chi connectivity index (χ0n) is 39.5. The number of thiazole rings is 1. The van der Waals surface area contributed by atoms with Gasteiger partial charge in [0.15, 0.2) is 0 Å². The summed E-state index contributed by atoms with van der Waals surface area (Å²) in [6.45, 7) is 8.08. The Balaban J connectivity index is 0.877. The van der Waals surface area contributed by atoms with Crippen molar-refractivity contribution in [1.82, 2.24) is 45.4 Å². The minimum absolute atomic E-state index is 0.113. The molecule has 4 amide bonds. The molecule has 3 aromatic heterocycles. The second kappa shape index (κ2) is 17.5. The standard InChI is InChI=1S/C50H57FN10O7S/c1-23(2)41(57-49(64)66-5)46(62)59-13-7-8-34(59)43-52-21-32(56-43)27-15-30(51)40-36-17-28-14-26(11-12-33(28)61(36)48(68-38(40)19-27)39-22-54-45(69-39)25-9-10-25)31-20-53-44(55-31)37-18-29-16-35(29)60(37)47(63)42(24(3)4)58-50(65)67-6/h11-12,14-15,19-25,29,34-37,41-42,48H,7-10,13,16-18H2,1-6H3,(H,52,56)(H,53,55)(H,57,64)(H,58,65)/t29-,34+,35-,36?,37?,41+,42+,48?/m1/s1. The van der Waals surface area contributed by atoms with Crippen molar-refractivity contribution >= 4 is 41.0 Å². The first-order chi connectivity index (χ1) is 33.3. The van der Waals surface area contributed by atoms with Crippen molar-refractivity contribution < 1.29 is 37.8 Å². The number of halogens is 1. The first-order valence-electron chi connectivity index (χ1n) is 24.1. The van der Waals surface area contributed by atoms with Crippen LogP contribution in [-0.2, 0) is 25.5 Å². The predicted molar refractivity (Wildman–Crippen MR) is 253 cm³/mol. The van der Waals surface area contributed by atoms with Gasteiger partial charge in [0.05, 0.1) is 71.6 Å². The number of piperidine rings is 1. The predicted octanol–water partition coefficient (Wildman–Crippen LogP) is 8.22. The molecule has 19 heteroatoms. The maximum Gasteiger partial charge on any atom is 0.407 e. The van der Waals surface area contributed by atoms with Gasteiger partial charge in [0, 0.05) is 36.0 Å². The summed E-state index contributed by atoms with van der Waals surface area (Å²) in [7, 11) is 2.56. The molecule has 6 aliphatic rings. The van der Waals surface area contributed by atoms with E-state index < -0.39 is 36.3 Å². The largest absolute Gasteiger partial charge is 0.465 e. The molecule has 4 N–H and O–H groups in total. The summed E-state index contributed by atoms with van der Waals surface area (Å²) in [6, 6.07) is 7.31. The maximum atomic E-state index is 17.0. The van der Waals surface area contributed by atoms with Crippen molar-refractivity contribution in [2.24, 2.45) is 17.8 Å². The highest BCUT2D eigenvalue weighted by Crippen LogP contribution is 2.56. The number of ether oxygens (including phenoxy) is 3. The van der Waals surface area contributed by atoms with E-state index in [2.05, 4.69) is 37.6 Å². The lowest BCUT2D eigenvalue weighted by Crippen LogP contribution is -2.52. The number of likely N-dealkylation sites (tertiary alicyclic amines) is 2. The van der Waals surface area contributed by atoms with Crippen LogP contribution in [0, 0.1) is 23.6 Å². The number of carbonyl (C=O) groups excluding carboxylic acids is 4. The molecule has 5 aromatic rings. The number of rotatable bonds is 12. The number of fused-ring (bicyclic) bond motifs is 6. The number of nitrogens with one attached hydrogen (secondary N) is 4. The summed E-state index contributed by atoms with van der Waals surface area (Å²) in [4.78, 5) is 80.3. The van der Waals surface area contributed by atoms with Gasteiger partial charge < -0.3 is 49.5 Å². The van der Waals surface area contributed by atoms with E-state index in [4.69, 9.17) is 29.2 Å². The second-order valence-electron chi connectivity index (χ2n) is 20.0. The average molecular weight is 961 g/mol. The molecule has 7 heterocycles. The van der Waals surface area contributed by atoms with Crippen LogP contribution in [0.5, 0.6) is 5.75 Å². The number of benzene rings is 2. The van der Waals surface area contributed by atoms with Crippen LogP contribution in [0.4, 0.5) is 19.7 Å². The van der Waals surface area contributed by atoms with Crippen LogP contribution in [0.25, 0.3) is 22.5 Å². The van der Waals surface area contributed by atoms with Gasteiger partial charge in [-0.15, -0.1) is 11.3 Å². The Kier molecular flexibility index (Phi) is 11.4. The zero-order valence-corrected chi connectivity index (χ0v) is 40.3. The van der Waals surface area contributed by atoms with Gasteiger partial charge in [-0.3, -0.25) is 9.59 Å². The molecule has 17 nitrogen and oxygen atoms in total. The third-order valence-corrected chi connectivity index (χ3v) is 16.0. The fourth-order valence-corrected chi connectivity index (χ4v) is 12.1. The Labute approximate surface area is 402 Å². The number of nitrogens with zero attached hydrogens (tertiary/aromatic N) is 6. The molecule has 8 atom stereocenters. The Bertz CT molecular complexity index is 2840. The lowest BCUT2D eigenvalue weighted by molar-refractivity contribution is -0.137. The topological polar surface area (TPSA) is 200 Å². The first-order valence-corrected chi connectivity index (χ1v) is 24.9. The number of imidazole rings is 2. The summed E-state index contributed by atoms with van der Waals surface area (Å²) in [5.41, 5.74) is 5.34. The number of carbonyl (C=O) groups is 4. The van der Waals surface area contributed by atoms with E-state index >= 15 is 4.39 Å². The Morgan fingerprint density at radius 3 is 2.17 bits per heavy atom. The van der Waals surface area contributed by atoms with E-state index in [1.54, 1.807) is 22.4 Å². The van der Waals surface area contributed by atoms with E-state index in [0.717, 1.165) is 64.5 Å². The number of amides is 4. The fraction of sp³-hybridized carbons (Fsp3) is 0.500. The number of hydrogen-bond donors (Lipinski definition) is 4. The van der Waals surface area contributed by atoms with Crippen molar-refractivity contribution in [2.45, 2.75) is 121 Å². The number of methoxy groups -OCH3 is 2. The van der Waals surface area contributed by atoms with Crippen molar-refractivity contribution in [3.05, 3.63) is 87.4 Å². The quantitative estimate of drug-likeness (QED) is 0.0939. The number of aromatic amines is 2. The minimum Gasteiger partial charge on any atom is -0.465 e. The van der Waals surface area contributed by atoms with Gasteiger partial charge >= 0.3 is 12.2 Å². The van der Waals surface area contributed by atoms with Gasteiger partial charge in [0.1, 0.15) is 35.3 Å². The van der Waals surface area contributed by atoms with E-state index in [-0.39, 0.29) is 47.8 Å². The summed E-state index contributed by atoms with van der Waals surface area (Å²) in [5.74, 6) is 1.53. The van der Waals surface area contributed by atoms with E-state index in [9.17, 15) is 19.2 Å². The van der Waals surface area contributed by atoms with Gasteiger partial charge in [-0.2, -0.15) is 0 Å². The van der Waals surface area contributed by atoms with E-state index in [1.165, 1.54) is 20.3 Å². The van der Waals surface area contributed by atoms with Crippen LogP contribution in [0.2, 0.25) is 0 Å². The maximum absolute atomic E-state index is 17.0. The molecule has 0 radical (unpaired) electrons. The second-order valence-corrected chi connectivity index (χ2v) is 21.1. The SMILES string of the molecule is COC(=O)N[C@H](C(=O)N1CCC[C@H]1c1ncc(-c2cc(F)c3c(c2)OC(c2cnc(C4CC4)s2)N2c4ccc(-c5cnc(C6C[C@H]7C[C@H]7N6C(=O)[C@@H](NC(=O)OC)C(C)C)[nH]5)cc4CC32)[nH]1)C(C)C. The summed E-state index contributed by atoms with van der Waals surface area (Å²) < 4.78 is 33.5. The van der Waals surface area contributed by atoms with E-state index in [1.807, 2.05) is 57.1 Å². The van der Waals surface area contributed by atoms with Gasteiger partial charge in [-0.1, -0.05) is 33.8 Å². The van der Waals surface area contributed by atoms with Crippen molar-refractivity contribution in [3.63, 3.8) is 0 Å². The first kappa shape index (κ1) is 45.0. The van der Waals surface area contributed by atoms with E-state index in [0.29, 0.717) is 65.4 Å². The highest BCUT2D eigenvalue weighted by Gasteiger charge is 2.56. The Hall–Kier alpha value is -6.50. The molecule has 11 rings (SSSR count). The molecule has 2 aromatic carbocycles. The average Bonchev–Trinajstić information content (AvgIpc) is 3.81. The third-order valence-electron chi connectivity index (χ3n) is 14.9. The fourth-order valence-electron chi connectivity index (χ4n) is 11.0. The normalized spacial score (nSPS) is 24.0. The molecule has 69 heavy (non-hydrogen) atoms. The van der Waals surface area contributed by atoms with Crippen LogP contribution >= 0.6 is 11.3 Å². The molecule has 2 aliphatic carbocycles. The zero-order chi connectivity index (χ0) is 48.0. The van der Waals surface area contributed by atoms with Crippen LogP contribution in [-0.4, -0.2) is 97.6 Å². The van der Waals surface area contributed by atoms with Crippen molar-refractivity contribution in [1.29, 1.82) is 0 Å². The minimum atomic E-state index is -0.766. The molecule has 0 bridgehead atoms.